The molecule has 0 atom stereocenters. The van der Waals surface area contributed by atoms with Gasteiger partial charge in [-0.1, -0.05) is 42.0 Å². The fourth-order valence-electron chi connectivity index (χ4n) is 2.49. The highest BCUT2D eigenvalue weighted by atomic mass is 16.4. The van der Waals surface area contributed by atoms with E-state index in [9.17, 15) is 4.79 Å². The normalized spacial score (nSPS) is 10.6. The minimum Gasteiger partial charge on any atom is -0.436 e. The second-order valence-electron chi connectivity index (χ2n) is 5.77. The Labute approximate surface area is 146 Å². The van der Waals surface area contributed by atoms with E-state index in [0.29, 0.717) is 35.7 Å². The lowest BCUT2D eigenvalue weighted by molar-refractivity contribution is 0.0951. The number of rotatable bonds is 6. The lowest BCUT2D eigenvalue weighted by Gasteiger charge is -2.07. The number of amides is 1. The number of hydrogen-bond acceptors (Lipinski definition) is 4. The van der Waals surface area contributed by atoms with E-state index in [-0.39, 0.29) is 12.5 Å². The molecule has 128 valence electrons. The van der Waals surface area contributed by atoms with Crippen molar-refractivity contribution < 1.29 is 14.3 Å². The van der Waals surface area contributed by atoms with Crippen LogP contribution in [0.5, 0.6) is 0 Å². The zero-order valence-corrected chi connectivity index (χ0v) is 14.0. The van der Waals surface area contributed by atoms with E-state index in [2.05, 4.69) is 10.3 Å². The summed E-state index contributed by atoms with van der Waals surface area (Å²) in [6, 6.07) is 15.2. The van der Waals surface area contributed by atoms with E-state index in [1.165, 1.54) is 5.56 Å². The number of carbonyl (C=O) groups excluding carboxylic acids is 1. The standard InChI is InChI=1S/C20H20N2O3/c1-14-7-9-15(10-8-14)18-13-22-20(25-18)17-6-3-2-5-16(17)19(24)21-11-4-12-23/h2-3,5-10,13,23H,4,11-12H2,1H3,(H,21,24). The van der Waals surface area contributed by atoms with Crippen LogP contribution >= 0.6 is 0 Å². The number of aromatic nitrogens is 1. The van der Waals surface area contributed by atoms with Gasteiger partial charge in [0, 0.05) is 24.3 Å². The van der Waals surface area contributed by atoms with Crippen LogP contribution in [0.25, 0.3) is 22.8 Å². The van der Waals surface area contributed by atoms with E-state index < -0.39 is 0 Å². The Bertz CT molecular complexity index is 853. The van der Waals surface area contributed by atoms with E-state index in [1.54, 1.807) is 18.3 Å². The van der Waals surface area contributed by atoms with E-state index in [1.807, 2.05) is 43.3 Å². The van der Waals surface area contributed by atoms with Crippen molar-refractivity contribution in [3.05, 3.63) is 65.9 Å². The van der Waals surface area contributed by atoms with Crippen molar-refractivity contribution in [2.24, 2.45) is 0 Å². The van der Waals surface area contributed by atoms with Gasteiger partial charge in [0.05, 0.1) is 11.8 Å². The van der Waals surface area contributed by atoms with Crippen LogP contribution in [0, 0.1) is 6.92 Å². The molecule has 0 aliphatic carbocycles. The van der Waals surface area contributed by atoms with Gasteiger partial charge in [0.15, 0.2) is 5.76 Å². The van der Waals surface area contributed by atoms with Gasteiger partial charge < -0.3 is 14.8 Å². The number of hydrogen-bond donors (Lipinski definition) is 2. The summed E-state index contributed by atoms with van der Waals surface area (Å²) in [7, 11) is 0. The van der Waals surface area contributed by atoms with Crippen molar-refractivity contribution in [3.63, 3.8) is 0 Å². The molecule has 3 rings (SSSR count). The first-order valence-electron chi connectivity index (χ1n) is 8.20. The number of carbonyl (C=O) groups is 1. The number of aryl methyl sites for hydroxylation is 1. The molecule has 0 unspecified atom stereocenters. The molecule has 1 heterocycles. The van der Waals surface area contributed by atoms with Gasteiger partial charge in [0.2, 0.25) is 5.89 Å². The Morgan fingerprint density at radius 1 is 1.16 bits per heavy atom. The molecule has 0 saturated heterocycles. The van der Waals surface area contributed by atoms with Crippen LogP contribution in [0.4, 0.5) is 0 Å². The molecule has 3 aromatic rings. The molecule has 5 heteroatoms. The average molecular weight is 336 g/mol. The highest BCUT2D eigenvalue weighted by Gasteiger charge is 2.16. The molecule has 2 aromatic carbocycles. The molecular formula is C20H20N2O3. The zero-order valence-electron chi connectivity index (χ0n) is 14.0. The van der Waals surface area contributed by atoms with Gasteiger partial charge in [0.25, 0.3) is 5.91 Å². The summed E-state index contributed by atoms with van der Waals surface area (Å²) >= 11 is 0. The maximum atomic E-state index is 12.4. The Hall–Kier alpha value is -2.92. The fraction of sp³-hybridized carbons (Fsp3) is 0.200. The predicted octanol–water partition coefficient (Wildman–Crippen LogP) is 3.43. The molecule has 1 amide bonds. The van der Waals surface area contributed by atoms with Crippen molar-refractivity contribution in [1.29, 1.82) is 0 Å². The molecule has 0 aliphatic heterocycles. The van der Waals surface area contributed by atoms with Gasteiger partial charge in [-0.2, -0.15) is 0 Å². The highest BCUT2D eigenvalue weighted by molar-refractivity contribution is 6.00. The average Bonchev–Trinajstić information content (AvgIpc) is 3.12. The molecule has 0 radical (unpaired) electrons. The molecule has 0 spiro atoms. The van der Waals surface area contributed by atoms with E-state index in [0.717, 1.165) is 5.56 Å². The van der Waals surface area contributed by atoms with Crippen LogP contribution < -0.4 is 5.32 Å². The summed E-state index contributed by atoms with van der Waals surface area (Å²) in [5.74, 6) is 0.855. The Morgan fingerprint density at radius 3 is 2.68 bits per heavy atom. The largest absolute Gasteiger partial charge is 0.436 e. The minimum absolute atomic E-state index is 0.0432. The first-order chi connectivity index (χ1) is 12.2. The Morgan fingerprint density at radius 2 is 1.92 bits per heavy atom. The van der Waals surface area contributed by atoms with Crippen LogP contribution in [0.2, 0.25) is 0 Å². The number of nitrogens with one attached hydrogen (secondary N) is 1. The molecule has 0 aliphatic rings. The number of benzene rings is 2. The first-order valence-corrected chi connectivity index (χ1v) is 8.20. The molecular weight excluding hydrogens is 316 g/mol. The van der Waals surface area contributed by atoms with Crippen molar-refractivity contribution in [3.8, 4) is 22.8 Å². The topological polar surface area (TPSA) is 75.4 Å². The zero-order chi connectivity index (χ0) is 17.6. The number of nitrogens with zero attached hydrogens (tertiary/aromatic N) is 1. The number of oxazole rings is 1. The van der Waals surface area contributed by atoms with Gasteiger partial charge in [0.1, 0.15) is 0 Å². The Balaban J connectivity index is 1.87. The lowest BCUT2D eigenvalue weighted by atomic mass is 10.1. The van der Waals surface area contributed by atoms with E-state index in [4.69, 9.17) is 9.52 Å². The molecule has 5 nitrogen and oxygen atoms in total. The molecule has 0 fully saturated rings. The van der Waals surface area contributed by atoms with Gasteiger partial charge in [-0.05, 0) is 25.5 Å². The lowest BCUT2D eigenvalue weighted by Crippen LogP contribution is -2.25. The van der Waals surface area contributed by atoms with Crippen LogP contribution in [0.15, 0.2) is 59.1 Å². The maximum absolute atomic E-state index is 12.4. The van der Waals surface area contributed by atoms with Crippen molar-refractivity contribution in [1.82, 2.24) is 10.3 Å². The quantitative estimate of drug-likeness (QED) is 0.676. The first kappa shape index (κ1) is 16.9. The van der Waals surface area contributed by atoms with Crippen molar-refractivity contribution in [2.45, 2.75) is 13.3 Å². The smallest absolute Gasteiger partial charge is 0.252 e. The number of aliphatic hydroxyl groups excluding tert-OH is 1. The number of aliphatic hydroxyl groups is 1. The summed E-state index contributed by atoms with van der Waals surface area (Å²) in [5, 5.41) is 11.6. The molecule has 1 aromatic heterocycles. The van der Waals surface area contributed by atoms with Gasteiger partial charge in [-0.25, -0.2) is 4.98 Å². The summed E-state index contributed by atoms with van der Waals surface area (Å²) < 4.78 is 5.88. The maximum Gasteiger partial charge on any atom is 0.252 e. The van der Waals surface area contributed by atoms with Crippen LogP contribution in [-0.2, 0) is 0 Å². The van der Waals surface area contributed by atoms with Gasteiger partial charge in [-0.3, -0.25) is 4.79 Å². The Kier molecular flexibility index (Phi) is 5.26. The van der Waals surface area contributed by atoms with Crippen molar-refractivity contribution in [2.75, 3.05) is 13.2 Å². The molecule has 0 bridgehead atoms. The van der Waals surface area contributed by atoms with Gasteiger partial charge >= 0.3 is 0 Å². The SMILES string of the molecule is Cc1ccc(-c2cnc(-c3ccccc3C(=O)NCCCO)o2)cc1. The third-order valence-corrected chi connectivity index (χ3v) is 3.86. The minimum atomic E-state index is -0.209. The summed E-state index contributed by atoms with van der Waals surface area (Å²) in [4.78, 5) is 16.7. The summed E-state index contributed by atoms with van der Waals surface area (Å²) in [5.41, 5.74) is 3.25. The second-order valence-corrected chi connectivity index (χ2v) is 5.77. The third-order valence-electron chi connectivity index (χ3n) is 3.86. The third kappa shape index (κ3) is 3.95. The highest BCUT2D eigenvalue weighted by Crippen LogP contribution is 2.28. The van der Waals surface area contributed by atoms with Gasteiger partial charge in [-0.15, -0.1) is 0 Å². The van der Waals surface area contributed by atoms with Crippen LogP contribution in [-0.4, -0.2) is 29.1 Å². The summed E-state index contributed by atoms with van der Waals surface area (Å²) in [6.07, 6.45) is 2.19. The van der Waals surface area contributed by atoms with Crippen LogP contribution in [0.1, 0.15) is 22.3 Å². The summed E-state index contributed by atoms with van der Waals surface area (Å²) in [6.45, 7) is 2.49. The van der Waals surface area contributed by atoms with E-state index >= 15 is 0 Å². The second kappa shape index (κ2) is 7.77. The molecule has 0 saturated carbocycles. The molecule has 2 N–H and O–H groups in total. The fourth-order valence-corrected chi connectivity index (χ4v) is 2.49. The van der Waals surface area contributed by atoms with Crippen molar-refractivity contribution >= 4 is 5.91 Å². The predicted molar refractivity (Wildman–Crippen MR) is 96.1 cm³/mol. The molecule has 25 heavy (non-hydrogen) atoms. The monoisotopic (exact) mass is 336 g/mol. The van der Waals surface area contributed by atoms with Crippen LogP contribution in [0.3, 0.4) is 0 Å².